The van der Waals surface area contributed by atoms with E-state index in [0.717, 1.165) is 42.8 Å². The number of rotatable bonds is 3. The number of piperazine rings is 1. The van der Waals surface area contributed by atoms with Crippen LogP contribution < -0.4 is 15.4 Å². The molecule has 0 spiro atoms. The molecule has 6 heteroatoms. The van der Waals surface area contributed by atoms with Crippen LogP contribution in [0.15, 0.2) is 64.8 Å². The molecular weight excluding hydrogens is 380 g/mol. The fourth-order valence-electron chi connectivity index (χ4n) is 3.89. The molecule has 1 aliphatic rings. The van der Waals surface area contributed by atoms with Gasteiger partial charge in [0.2, 0.25) is 5.95 Å². The normalized spacial score (nSPS) is 14.5. The molecule has 0 unspecified atom stereocenters. The first kappa shape index (κ1) is 17.9. The zero-order valence-electron chi connectivity index (χ0n) is 16.3. The summed E-state index contributed by atoms with van der Waals surface area (Å²) in [5.74, 6) is 0.668. The highest BCUT2D eigenvalue weighted by molar-refractivity contribution is 7.17. The number of hydrogen-bond donors (Lipinski definition) is 1. The van der Waals surface area contributed by atoms with Crippen molar-refractivity contribution in [3.05, 3.63) is 75.9 Å². The van der Waals surface area contributed by atoms with Gasteiger partial charge in [-0.25, -0.2) is 4.98 Å². The number of H-pyrrole nitrogens is 1. The Hall–Kier alpha value is -3.12. The Morgan fingerprint density at radius 2 is 1.72 bits per heavy atom. The number of thiophene rings is 1. The Morgan fingerprint density at radius 1 is 0.966 bits per heavy atom. The number of nitrogens with one attached hydrogen (secondary N) is 1. The van der Waals surface area contributed by atoms with Gasteiger partial charge in [-0.15, -0.1) is 11.3 Å². The first-order chi connectivity index (χ1) is 14.2. The van der Waals surface area contributed by atoms with Gasteiger partial charge in [0, 0.05) is 42.8 Å². The Kier molecular flexibility index (Phi) is 4.56. The van der Waals surface area contributed by atoms with Crippen molar-refractivity contribution in [3.8, 4) is 11.1 Å². The first-order valence-electron chi connectivity index (χ1n) is 9.82. The summed E-state index contributed by atoms with van der Waals surface area (Å²) >= 11 is 1.46. The summed E-state index contributed by atoms with van der Waals surface area (Å²) in [4.78, 5) is 25.1. The van der Waals surface area contributed by atoms with Crippen LogP contribution in [0, 0.1) is 6.92 Å². The summed E-state index contributed by atoms with van der Waals surface area (Å²) in [6, 6.07) is 18.7. The topological polar surface area (TPSA) is 52.2 Å². The Bertz CT molecular complexity index is 1210. The van der Waals surface area contributed by atoms with Gasteiger partial charge in [-0.1, -0.05) is 42.5 Å². The lowest BCUT2D eigenvalue weighted by molar-refractivity contribution is 0.640. The van der Waals surface area contributed by atoms with Gasteiger partial charge in [0.15, 0.2) is 0 Å². The summed E-state index contributed by atoms with van der Waals surface area (Å²) in [7, 11) is 0. The third kappa shape index (κ3) is 3.40. The number of aromatic amines is 1. The lowest BCUT2D eigenvalue weighted by Gasteiger charge is -2.36. The van der Waals surface area contributed by atoms with Crippen LogP contribution in [0.3, 0.4) is 0 Å². The van der Waals surface area contributed by atoms with Crippen molar-refractivity contribution in [2.24, 2.45) is 0 Å². The quantitative estimate of drug-likeness (QED) is 0.556. The Balaban J connectivity index is 1.43. The van der Waals surface area contributed by atoms with Gasteiger partial charge in [0.25, 0.3) is 5.56 Å². The summed E-state index contributed by atoms with van der Waals surface area (Å²) in [6.45, 7) is 5.58. The Morgan fingerprint density at radius 3 is 2.48 bits per heavy atom. The second-order valence-corrected chi connectivity index (χ2v) is 8.28. The SMILES string of the molecule is Cc1cccc(N2CCN(c3nc4c(-c5ccccc5)csc4c(=O)[nH]3)CC2)c1. The second kappa shape index (κ2) is 7.37. The molecule has 29 heavy (non-hydrogen) atoms. The van der Waals surface area contributed by atoms with Crippen LogP contribution >= 0.6 is 11.3 Å². The molecule has 0 amide bonds. The average molecular weight is 403 g/mol. The lowest BCUT2D eigenvalue weighted by atomic mass is 10.1. The molecule has 5 rings (SSSR count). The molecule has 1 saturated heterocycles. The van der Waals surface area contributed by atoms with E-state index in [1.165, 1.54) is 22.6 Å². The van der Waals surface area contributed by atoms with Crippen LogP contribution in [0.25, 0.3) is 21.3 Å². The number of aromatic nitrogens is 2. The molecule has 2 aromatic carbocycles. The van der Waals surface area contributed by atoms with Gasteiger partial charge in [0.05, 0.1) is 5.52 Å². The highest BCUT2D eigenvalue weighted by Crippen LogP contribution is 2.31. The van der Waals surface area contributed by atoms with E-state index in [1.807, 2.05) is 23.6 Å². The predicted molar refractivity (Wildman–Crippen MR) is 121 cm³/mol. The Labute approximate surface area is 173 Å². The maximum absolute atomic E-state index is 12.7. The van der Waals surface area contributed by atoms with Crippen LogP contribution in [0.4, 0.5) is 11.6 Å². The minimum Gasteiger partial charge on any atom is -0.368 e. The monoisotopic (exact) mass is 402 g/mol. The fraction of sp³-hybridized carbons (Fsp3) is 0.217. The predicted octanol–water partition coefficient (Wildman–Crippen LogP) is 4.29. The highest BCUT2D eigenvalue weighted by Gasteiger charge is 2.21. The van der Waals surface area contributed by atoms with Crippen molar-refractivity contribution in [2.75, 3.05) is 36.0 Å². The van der Waals surface area contributed by atoms with Crippen LogP contribution in [0.1, 0.15) is 5.56 Å². The van der Waals surface area contributed by atoms with Crippen molar-refractivity contribution in [1.29, 1.82) is 0 Å². The summed E-state index contributed by atoms with van der Waals surface area (Å²) in [5, 5.41) is 2.03. The molecule has 1 N–H and O–H groups in total. The van der Waals surface area contributed by atoms with Gasteiger partial charge in [-0.3, -0.25) is 9.78 Å². The summed E-state index contributed by atoms with van der Waals surface area (Å²) in [5.41, 5.74) is 5.38. The minimum atomic E-state index is -0.0571. The number of anilines is 2. The van der Waals surface area contributed by atoms with Crippen LogP contribution in [0.2, 0.25) is 0 Å². The summed E-state index contributed by atoms with van der Waals surface area (Å²) in [6.07, 6.45) is 0. The van der Waals surface area contributed by atoms with Gasteiger partial charge < -0.3 is 9.80 Å². The van der Waals surface area contributed by atoms with Crippen LogP contribution in [-0.2, 0) is 0 Å². The maximum Gasteiger partial charge on any atom is 0.270 e. The largest absolute Gasteiger partial charge is 0.368 e. The standard InChI is InChI=1S/C23H22N4OS/c1-16-6-5-9-18(14-16)26-10-12-27(13-11-26)23-24-20-19(17-7-3-2-4-8-17)15-29-21(20)22(28)25-23/h2-9,14-15H,10-13H2,1H3,(H,24,25,28). The van der Waals surface area contributed by atoms with Gasteiger partial charge in [0.1, 0.15) is 4.70 Å². The molecule has 3 heterocycles. The van der Waals surface area contributed by atoms with E-state index < -0.39 is 0 Å². The summed E-state index contributed by atoms with van der Waals surface area (Å²) < 4.78 is 0.686. The number of benzene rings is 2. The average Bonchev–Trinajstić information content (AvgIpc) is 3.19. The van der Waals surface area contributed by atoms with Crippen LogP contribution in [-0.4, -0.2) is 36.1 Å². The van der Waals surface area contributed by atoms with Crippen molar-refractivity contribution in [2.45, 2.75) is 6.92 Å². The number of hydrogen-bond acceptors (Lipinski definition) is 5. The van der Waals surface area contributed by atoms with Crippen molar-refractivity contribution in [1.82, 2.24) is 9.97 Å². The highest BCUT2D eigenvalue weighted by atomic mass is 32.1. The fourth-order valence-corrected chi connectivity index (χ4v) is 4.80. The second-order valence-electron chi connectivity index (χ2n) is 7.40. The van der Waals surface area contributed by atoms with Gasteiger partial charge in [-0.2, -0.15) is 0 Å². The molecule has 0 atom stereocenters. The molecule has 0 radical (unpaired) electrons. The molecule has 0 aliphatic carbocycles. The number of fused-ring (bicyclic) bond motifs is 1. The number of aryl methyl sites for hydroxylation is 1. The molecule has 5 nitrogen and oxygen atoms in total. The molecule has 146 valence electrons. The van der Waals surface area contributed by atoms with E-state index in [-0.39, 0.29) is 5.56 Å². The molecule has 1 aliphatic heterocycles. The van der Waals surface area contributed by atoms with E-state index in [2.05, 4.69) is 58.1 Å². The molecular formula is C23H22N4OS. The van der Waals surface area contributed by atoms with Crippen molar-refractivity contribution >= 4 is 33.2 Å². The molecule has 1 fully saturated rings. The van der Waals surface area contributed by atoms with Crippen molar-refractivity contribution < 1.29 is 0 Å². The molecule has 4 aromatic rings. The van der Waals surface area contributed by atoms with E-state index in [1.54, 1.807) is 0 Å². The third-order valence-electron chi connectivity index (χ3n) is 5.44. The molecule has 0 saturated carbocycles. The van der Waals surface area contributed by atoms with E-state index in [4.69, 9.17) is 4.98 Å². The molecule has 0 bridgehead atoms. The minimum absolute atomic E-state index is 0.0571. The number of nitrogens with zero attached hydrogens (tertiary/aromatic N) is 3. The third-order valence-corrected chi connectivity index (χ3v) is 6.41. The van der Waals surface area contributed by atoms with E-state index in [9.17, 15) is 4.79 Å². The molecule has 2 aromatic heterocycles. The zero-order valence-corrected chi connectivity index (χ0v) is 17.1. The van der Waals surface area contributed by atoms with Crippen molar-refractivity contribution in [3.63, 3.8) is 0 Å². The van der Waals surface area contributed by atoms with E-state index >= 15 is 0 Å². The maximum atomic E-state index is 12.7. The first-order valence-corrected chi connectivity index (χ1v) is 10.7. The van der Waals surface area contributed by atoms with Gasteiger partial charge in [-0.05, 0) is 30.2 Å². The lowest BCUT2D eigenvalue weighted by Crippen LogP contribution is -2.47. The van der Waals surface area contributed by atoms with Crippen LogP contribution in [0.5, 0.6) is 0 Å². The van der Waals surface area contributed by atoms with Gasteiger partial charge >= 0.3 is 0 Å². The smallest absolute Gasteiger partial charge is 0.270 e. The zero-order chi connectivity index (χ0) is 19.8. The van der Waals surface area contributed by atoms with E-state index in [0.29, 0.717) is 10.6 Å².